The fourth-order valence-electron chi connectivity index (χ4n) is 3.10. The molecule has 2 aliphatic rings. The minimum atomic E-state index is -3.83. The smallest absolute Gasteiger partial charge is 0.262 e. The highest BCUT2D eigenvalue weighted by Gasteiger charge is 2.24. The van der Waals surface area contributed by atoms with Crippen molar-refractivity contribution in [2.24, 2.45) is 0 Å². The summed E-state index contributed by atoms with van der Waals surface area (Å²) in [6, 6.07) is 9.18. The van der Waals surface area contributed by atoms with Gasteiger partial charge in [0.05, 0.1) is 21.3 Å². The molecule has 0 bridgehead atoms. The third kappa shape index (κ3) is 3.54. The molecule has 2 aliphatic heterocycles. The van der Waals surface area contributed by atoms with Crippen LogP contribution in [0.2, 0.25) is 5.02 Å². The second-order valence-corrected chi connectivity index (χ2v) is 8.32. The summed E-state index contributed by atoms with van der Waals surface area (Å²) in [5.74, 6) is 0.925. The molecule has 2 aromatic carbocycles. The van der Waals surface area contributed by atoms with Gasteiger partial charge in [-0.3, -0.25) is 9.52 Å². The van der Waals surface area contributed by atoms with E-state index < -0.39 is 10.0 Å². The maximum Gasteiger partial charge on any atom is 0.262 e. The Morgan fingerprint density at radius 1 is 1.04 bits per heavy atom. The van der Waals surface area contributed by atoms with Gasteiger partial charge in [0.15, 0.2) is 11.5 Å². The Bertz CT molecular complexity index is 1010. The van der Waals surface area contributed by atoms with Crippen LogP contribution in [0.5, 0.6) is 11.5 Å². The van der Waals surface area contributed by atoms with Crippen LogP contribution >= 0.6 is 11.6 Å². The normalized spacial score (nSPS) is 16.5. The molecule has 0 saturated carbocycles. The Labute approximate surface area is 161 Å². The van der Waals surface area contributed by atoms with Crippen molar-refractivity contribution in [3.63, 3.8) is 0 Å². The zero-order chi connectivity index (χ0) is 19.0. The van der Waals surface area contributed by atoms with Crippen LogP contribution < -0.4 is 19.1 Å². The van der Waals surface area contributed by atoms with Gasteiger partial charge in [-0.1, -0.05) is 11.6 Å². The highest BCUT2D eigenvalue weighted by Crippen LogP contribution is 2.34. The monoisotopic (exact) mass is 408 g/mol. The number of carbonyl (C=O) groups is 1. The third-order valence-electron chi connectivity index (χ3n) is 4.39. The maximum atomic E-state index is 12.7. The van der Waals surface area contributed by atoms with Gasteiger partial charge in [0.2, 0.25) is 5.91 Å². The van der Waals surface area contributed by atoms with E-state index in [0.717, 1.165) is 6.42 Å². The Hall–Kier alpha value is -2.45. The number of ether oxygens (including phenoxy) is 2. The number of halogens is 1. The van der Waals surface area contributed by atoms with E-state index in [2.05, 4.69) is 4.72 Å². The first-order valence-electron chi connectivity index (χ1n) is 8.46. The molecule has 1 saturated heterocycles. The summed E-state index contributed by atoms with van der Waals surface area (Å²) < 4.78 is 38.7. The molecule has 27 heavy (non-hydrogen) atoms. The van der Waals surface area contributed by atoms with Crippen LogP contribution in [0, 0.1) is 0 Å². The molecule has 9 heteroatoms. The summed E-state index contributed by atoms with van der Waals surface area (Å²) >= 11 is 6.28. The number of anilines is 2. The van der Waals surface area contributed by atoms with Crippen molar-refractivity contribution in [2.45, 2.75) is 17.7 Å². The Morgan fingerprint density at radius 3 is 2.52 bits per heavy atom. The van der Waals surface area contributed by atoms with Gasteiger partial charge in [0, 0.05) is 19.0 Å². The van der Waals surface area contributed by atoms with Gasteiger partial charge >= 0.3 is 0 Å². The summed E-state index contributed by atoms with van der Waals surface area (Å²) in [6.45, 7) is 1.42. The first-order valence-corrected chi connectivity index (χ1v) is 10.3. The first kappa shape index (κ1) is 17.9. The van der Waals surface area contributed by atoms with Crippen LogP contribution in [0.15, 0.2) is 41.3 Å². The number of rotatable bonds is 4. The van der Waals surface area contributed by atoms with E-state index in [4.69, 9.17) is 21.1 Å². The number of nitrogens with one attached hydrogen (secondary N) is 1. The van der Waals surface area contributed by atoms with Gasteiger partial charge in [-0.2, -0.15) is 0 Å². The number of fused-ring (bicyclic) bond motifs is 1. The fourth-order valence-corrected chi connectivity index (χ4v) is 4.44. The number of benzene rings is 2. The van der Waals surface area contributed by atoms with Crippen molar-refractivity contribution in [2.75, 3.05) is 29.4 Å². The summed E-state index contributed by atoms with van der Waals surface area (Å²) in [7, 11) is -3.83. The second-order valence-electron chi connectivity index (χ2n) is 6.23. The van der Waals surface area contributed by atoms with Gasteiger partial charge in [-0.25, -0.2) is 8.42 Å². The van der Waals surface area contributed by atoms with Gasteiger partial charge in [-0.15, -0.1) is 0 Å². The van der Waals surface area contributed by atoms with Crippen LogP contribution in [-0.4, -0.2) is 34.1 Å². The minimum Gasteiger partial charge on any atom is -0.486 e. The molecule has 4 rings (SSSR count). The van der Waals surface area contributed by atoms with Crippen molar-refractivity contribution in [3.8, 4) is 11.5 Å². The zero-order valence-corrected chi connectivity index (χ0v) is 15.8. The fraction of sp³-hybridized carbons (Fsp3) is 0.278. The standard InChI is InChI=1S/C18H17ClN2O5S/c19-14-10-12(3-5-15(14)21-7-1-2-18(21)22)20-27(23,24)13-4-6-16-17(11-13)26-9-8-25-16/h3-6,10-11,20H,1-2,7-9H2. The molecular formula is C18H17ClN2O5S. The van der Waals surface area contributed by atoms with E-state index in [-0.39, 0.29) is 10.8 Å². The largest absolute Gasteiger partial charge is 0.486 e. The molecule has 0 radical (unpaired) electrons. The highest BCUT2D eigenvalue weighted by molar-refractivity contribution is 7.92. The van der Waals surface area contributed by atoms with Gasteiger partial charge in [0.25, 0.3) is 10.0 Å². The van der Waals surface area contributed by atoms with E-state index in [1.54, 1.807) is 23.1 Å². The molecule has 0 unspecified atom stereocenters. The minimum absolute atomic E-state index is 0.0153. The van der Waals surface area contributed by atoms with E-state index in [0.29, 0.717) is 54.1 Å². The molecular weight excluding hydrogens is 392 g/mol. The molecule has 142 valence electrons. The summed E-state index contributed by atoms with van der Waals surface area (Å²) in [4.78, 5) is 13.5. The van der Waals surface area contributed by atoms with Crippen LogP contribution in [-0.2, 0) is 14.8 Å². The molecule has 0 aliphatic carbocycles. The second kappa shape index (κ2) is 6.94. The number of hydrogen-bond donors (Lipinski definition) is 1. The highest BCUT2D eigenvalue weighted by atomic mass is 35.5. The van der Waals surface area contributed by atoms with Crippen LogP contribution in [0.3, 0.4) is 0 Å². The average Bonchev–Trinajstić information content (AvgIpc) is 3.07. The number of sulfonamides is 1. The molecule has 0 aromatic heterocycles. The van der Waals surface area contributed by atoms with Crippen molar-refractivity contribution in [3.05, 3.63) is 41.4 Å². The lowest BCUT2D eigenvalue weighted by Gasteiger charge is -2.19. The van der Waals surface area contributed by atoms with Crippen molar-refractivity contribution in [1.82, 2.24) is 0 Å². The zero-order valence-electron chi connectivity index (χ0n) is 14.3. The van der Waals surface area contributed by atoms with E-state index in [1.807, 2.05) is 0 Å². The first-order chi connectivity index (χ1) is 12.9. The summed E-state index contributed by atoms with van der Waals surface area (Å²) in [6.07, 6.45) is 1.28. The Kier molecular flexibility index (Phi) is 4.61. The number of carbonyl (C=O) groups excluding carboxylic acids is 1. The Balaban J connectivity index is 1.58. The quantitative estimate of drug-likeness (QED) is 0.840. The van der Waals surface area contributed by atoms with E-state index >= 15 is 0 Å². The van der Waals surface area contributed by atoms with Crippen LogP contribution in [0.4, 0.5) is 11.4 Å². The van der Waals surface area contributed by atoms with Crippen LogP contribution in [0.1, 0.15) is 12.8 Å². The molecule has 2 aromatic rings. The maximum absolute atomic E-state index is 12.7. The van der Waals surface area contributed by atoms with Crippen molar-refractivity contribution < 1.29 is 22.7 Å². The molecule has 2 heterocycles. The van der Waals surface area contributed by atoms with Gasteiger partial charge < -0.3 is 14.4 Å². The number of nitrogens with zero attached hydrogens (tertiary/aromatic N) is 1. The molecule has 1 N–H and O–H groups in total. The van der Waals surface area contributed by atoms with Gasteiger partial charge in [-0.05, 0) is 36.8 Å². The SMILES string of the molecule is O=C1CCCN1c1ccc(NS(=O)(=O)c2ccc3c(c2)OCCO3)cc1Cl. The van der Waals surface area contributed by atoms with E-state index in [1.165, 1.54) is 18.2 Å². The summed E-state index contributed by atoms with van der Waals surface area (Å²) in [5, 5.41) is 0.313. The predicted octanol–water partition coefficient (Wildman–Crippen LogP) is 3.04. The average molecular weight is 409 g/mol. The summed E-state index contributed by atoms with van der Waals surface area (Å²) in [5.41, 5.74) is 0.895. The molecule has 1 fully saturated rings. The molecule has 7 nitrogen and oxygen atoms in total. The van der Waals surface area contributed by atoms with Crippen molar-refractivity contribution >= 4 is 38.9 Å². The number of hydrogen-bond acceptors (Lipinski definition) is 5. The topological polar surface area (TPSA) is 84.9 Å². The van der Waals surface area contributed by atoms with E-state index in [9.17, 15) is 13.2 Å². The molecule has 1 amide bonds. The van der Waals surface area contributed by atoms with Crippen LogP contribution in [0.25, 0.3) is 0 Å². The lowest BCUT2D eigenvalue weighted by atomic mass is 10.2. The van der Waals surface area contributed by atoms with Crippen molar-refractivity contribution in [1.29, 1.82) is 0 Å². The lowest BCUT2D eigenvalue weighted by Crippen LogP contribution is -2.24. The third-order valence-corrected chi connectivity index (χ3v) is 6.07. The number of amides is 1. The molecule has 0 spiro atoms. The van der Waals surface area contributed by atoms with Gasteiger partial charge in [0.1, 0.15) is 13.2 Å². The molecule has 0 atom stereocenters. The predicted molar refractivity (Wildman–Crippen MR) is 101 cm³/mol. The Morgan fingerprint density at radius 2 is 1.81 bits per heavy atom. The lowest BCUT2D eigenvalue weighted by molar-refractivity contribution is -0.117.